The largest absolute Gasteiger partial charge is 0.440 e. The van der Waals surface area contributed by atoms with Crippen LogP contribution in [0.3, 0.4) is 0 Å². The summed E-state index contributed by atoms with van der Waals surface area (Å²) in [6, 6.07) is 7.52. The number of carbonyl (C=O) groups is 1. The number of aryl methyl sites for hydroxylation is 1. The van der Waals surface area contributed by atoms with E-state index in [-0.39, 0.29) is 6.54 Å². The van der Waals surface area contributed by atoms with Gasteiger partial charge in [0.15, 0.2) is 6.61 Å². The molecule has 0 heterocycles. The maximum Gasteiger partial charge on any atom is 0.422 e. The first-order valence-electron chi connectivity index (χ1n) is 5.84. The van der Waals surface area contributed by atoms with Crippen LogP contribution in [0.1, 0.15) is 18.1 Å². The van der Waals surface area contributed by atoms with Crippen LogP contribution >= 0.6 is 0 Å². The zero-order chi connectivity index (χ0) is 14.5. The predicted molar refractivity (Wildman–Crippen MR) is 64.7 cm³/mol. The number of benzene rings is 1. The summed E-state index contributed by atoms with van der Waals surface area (Å²) in [4.78, 5) is 12.4. The highest BCUT2D eigenvalue weighted by atomic mass is 19.4. The van der Waals surface area contributed by atoms with E-state index in [1.54, 1.807) is 0 Å². The van der Waals surface area contributed by atoms with E-state index in [1.807, 2.05) is 31.2 Å². The molecular formula is C13H16F3NO2. The van der Waals surface area contributed by atoms with Crippen LogP contribution < -0.4 is 0 Å². The zero-order valence-corrected chi connectivity index (χ0v) is 10.8. The molecule has 1 aromatic rings. The van der Waals surface area contributed by atoms with E-state index in [2.05, 4.69) is 4.74 Å². The SMILES string of the molecule is CCc1ccc(CN(C)C(=O)OCC(F)(F)F)cc1. The van der Waals surface area contributed by atoms with Gasteiger partial charge in [-0.25, -0.2) is 4.79 Å². The maximum atomic E-state index is 11.9. The first-order valence-corrected chi connectivity index (χ1v) is 5.84. The molecule has 3 nitrogen and oxygen atoms in total. The van der Waals surface area contributed by atoms with Crippen molar-refractivity contribution in [2.75, 3.05) is 13.7 Å². The summed E-state index contributed by atoms with van der Waals surface area (Å²) in [5.41, 5.74) is 2.00. The normalized spacial score (nSPS) is 11.2. The molecule has 0 aliphatic heterocycles. The van der Waals surface area contributed by atoms with Crippen molar-refractivity contribution in [2.24, 2.45) is 0 Å². The van der Waals surface area contributed by atoms with E-state index >= 15 is 0 Å². The van der Waals surface area contributed by atoms with Gasteiger partial charge in [0, 0.05) is 13.6 Å². The molecule has 0 N–H and O–H groups in total. The average Bonchev–Trinajstić information content (AvgIpc) is 2.36. The van der Waals surface area contributed by atoms with Crippen LogP contribution in [0, 0.1) is 0 Å². The summed E-state index contributed by atoms with van der Waals surface area (Å²) in [7, 11) is 1.40. The molecule has 1 amide bonds. The van der Waals surface area contributed by atoms with Crippen molar-refractivity contribution in [3.8, 4) is 0 Å². The standard InChI is InChI=1S/C13H16F3NO2/c1-3-10-4-6-11(7-5-10)8-17(2)12(18)19-9-13(14,15)16/h4-7H,3,8-9H2,1-2H3. The first-order chi connectivity index (χ1) is 8.81. The Bertz CT molecular complexity index is 415. The van der Waals surface area contributed by atoms with Crippen molar-refractivity contribution in [1.29, 1.82) is 0 Å². The monoisotopic (exact) mass is 275 g/mol. The lowest BCUT2D eigenvalue weighted by molar-refractivity contribution is -0.162. The van der Waals surface area contributed by atoms with Gasteiger partial charge in [-0.3, -0.25) is 0 Å². The third kappa shape index (κ3) is 5.63. The molecule has 0 saturated carbocycles. The van der Waals surface area contributed by atoms with E-state index in [0.717, 1.165) is 22.4 Å². The molecule has 0 bridgehead atoms. The number of halogens is 3. The fraction of sp³-hybridized carbons (Fsp3) is 0.462. The second-order valence-electron chi connectivity index (χ2n) is 4.20. The van der Waals surface area contributed by atoms with Crippen molar-refractivity contribution < 1.29 is 22.7 Å². The molecule has 0 radical (unpaired) electrons. The van der Waals surface area contributed by atoms with Crippen molar-refractivity contribution in [2.45, 2.75) is 26.1 Å². The average molecular weight is 275 g/mol. The van der Waals surface area contributed by atoms with Gasteiger partial charge >= 0.3 is 12.3 Å². The Balaban J connectivity index is 2.49. The van der Waals surface area contributed by atoms with Crippen LogP contribution in [0.5, 0.6) is 0 Å². The summed E-state index contributed by atoms with van der Waals surface area (Å²) in [6.45, 7) is 0.668. The van der Waals surface area contributed by atoms with Crippen LogP contribution in [-0.4, -0.2) is 30.8 Å². The summed E-state index contributed by atoms with van der Waals surface area (Å²) < 4.78 is 39.8. The minimum absolute atomic E-state index is 0.209. The van der Waals surface area contributed by atoms with Gasteiger partial charge in [-0.1, -0.05) is 31.2 Å². The molecule has 0 saturated heterocycles. The van der Waals surface area contributed by atoms with Gasteiger partial charge in [-0.2, -0.15) is 13.2 Å². The molecular weight excluding hydrogens is 259 g/mol. The summed E-state index contributed by atoms with van der Waals surface area (Å²) in [5.74, 6) is 0. The molecule has 0 fully saturated rings. The van der Waals surface area contributed by atoms with Crippen LogP contribution in [0.15, 0.2) is 24.3 Å². The summed E-state index contributed by atoms with van der Waals surface area (Å²) in [5, 5.41) is 0. The minimum atomic E-state index is -4.50. The molecule has 6 heteroatoms. The smallest absolute Gasteiger partial charge is 0.422 e. The Kier molecular flexibility index (Phi) is 5.20. The van der Waals surface area contributed by atoms with Crippen LogP contribution in [0.4, 0.5) is 18.0 Å². The molecule has 0 aromatic heterocycles. The fourth-order valence-electron chi connectivity index (χ4n) is 1.47. The second-order valence-corrected chi connectivity index (χ2v) is 4.20. The van der Waals surface area contributed by atoms with Gasteiger partial charge in [-0.15, -0.1) is 0 Å². The lowest BCUT2D eigenvalue weighted by atomic mass is 10.1. The molecule has 0 atom stereocenters. The lowest BCUT2D eigenvalue weighted by Crippen LogP contribution is -2.30. The van der Waals surface area contributed by atoms with Crippen molar-refractivity contribution in [1.82, 2.24) is 4.90 Å². The lowest BCUT2D eigenvalue weighted by Gasteiger charge is -2.17. The second kappa shape index (κ2) is 6.45. The molecule has 1 rings (SSSR count). The highest BCUT2D eigenvalue weighted by Crippen LogP contribution is 2.15. The molecule has 19 heavy (non-hydrogen) atoms. The summed E-state index contributed by atoms with van der Waals surface area (Å²) >= 11 is 0. The van der Waals surface area contributed by atoms with E-state index in [9.17, 15) is 18.0 Å². The van der Waals surface area contributed by atoms with Gasteiger partial charge in [0.1, 0.15) is 0 Å². The minimum Gasteiger partial charge on any atom is -0.440 e. The van der Waals surface area contributed by atoms with Crippen molar-refractivity contribution >= 4 is 6.09 Å². The van der Waals surface area contributed by atoms with E-state index in [4.69, 9.17) is 0 Å². The van der Waals surface area contributed by atoms with Crippen LogP contribution in [0.25, 0.3) is 0 Å². The molecule has 0 unspecified atom stereocenters. The Morgan fingerprint density at radius 2 is 1.74 bits per heavy atom. The van der Waals surface area contributed by atoms with Crippen molar-refractivity contribution in [3.63, 3.8) is 0 Å². The number of amides is 1. The fourth-order valence-corrected chi connectivity index (χ4v) is 1.47. The first kappa shape index (κ1) is 15.3. The summed E-state index contributed by atoms with van der Waals surface area (Å²) in [6.07, 6.45) is -4.58. The molecule has 0 aliphatic rings. The van der Waals surface area contributed by atoms with E-state index < -0.39 is 18.9 Å². The molecule has 0 spiro atoms. The van der Waals surface area contributed by atoms with E-state index in [0.29, 0.717) is 0 Å². The van der Waals surface area contributed by atoms with Crippen LogP contribution in [-0.2, 0) is 17.7 Å². The Labute approximate surface area is 110 Å². The Morgan fingerprint density at radius 1 is 1.21 bits per heavy atom. The van der Waals surface area contributed by atoms with Crippen LogP contribution in [0.2, 0.25) is 0 Å². The third-order valence-electron chi connectivity index (χ3n) is 2.52. The van der Waals surface area contributed by atoms with Gasteiger partial charge in [0.25, 0.3) is 0 Å². The predicted octanol–water partition coefficient (Wildman–Crippen LogP) is 3.38. The molecule has 0 aliphatic carbocycles. The molecule has 1 aromatic carbocycles. The van der Waals surface area contributed by atoms with Gasteiger partial charge in [-0.05, 0) is 17.5 Å². The highest BCUT2D eigenvalue weighted by Gasteiger charge is 2.30. The number of alkyl halides is 3. The topological polar surface area (TPSA) is 29.5 Å². The van der Waals surface area contributed by atoms with Gasteiger partial charge in [0.05, 0.1) is 0 Å². The van der Waals surface area contributed by atoms with Gasteiger partial charge in [0.2, 0.25) is 0 Å². The maximum absolute atomic E-state index is 11.9. The number of ether oxygens (including phenoxy) is 1. The van der Waals surface area contributed by atoms with Gasteiger partial charge < -0.3 is 9.64 Å². The number of hydrogen-bond donors (Lipinski definition) is 0. The number of rotatable bonds is 4. The molecule has 106 valence electrons. The van der Waals surface area contributed by atoms with E-state index in [1.165, 1.54) is 7.05 Å². The number of carbonyl (C=O) groups excluding carboxylic acids is 1. The Hall–Kier alpha value is -1.72. The quantitative estimate of drug-likeness (QED) is 0.843. The highest BCUT2D eigenvalue weighted by molar-refractivity contribution is 5.67. The zero-order valence-electron chi connectivity index (χ0n) is 10.8. The number of hydrogen-bond acceptors (Lipinski definition) is 2. The third-order valence-corrected chi connectivity index (χ3v) is 2.52. The Morgan fingerprint density at radius 3 is 2.21 bits per heavy atom. The number of nitrogens with zero attached hydrogens (tertiary/aromatic N) is 1. The van der Waals surface area contributed by atoms with Crippen molar-refractivity contribution in [3.05, 3.63) is 35.4 Å².